The number of para-hydroxylation sites is 1. The molecular formula is C14H17N3. The van der Waals surface area contributed by atoms with Crippen molar-refractivity contribution in [2.75, 3.05) is 6.54 Å². The topological polar surface area (TPSA) is 51.6 Å². The summed E-state index contributed by atoms with van der Waals surface area (Å²) in [6.45, 7) is 5.12. The zero-order valence-corrected chi connectivity index (χ0v) is 10.2. The largest absolute Gasteiger partial charge is 0.361 e. The van der Waals surface area contributed by atoms with E-state index in [0.717, 1.165) is 23.0 Å². The Morgan fingerprint density at radius 1 is 1.35 bits per heavy atom. The number of aromatic nitrogens is 1. The van der Waals surface area contributed by atoms with E-state index < -0.39 is 0 Å². The maximum absolute atomic E-state index is 9.24. The fourth-order valence-corrected chi connectivity index (χ4v) is 1.91. The summed E-state index contributed by atoms with van der Waals surface area (Å²) in [6.07, 6.45) is 1.92. The number of fused-ring (bicyclic) bond motifs is 1. The maximum Gasteiger partial charge on any atom is 0.123 e. The molecule has 3 nitrogen and oxygen atoms in total. The van der Waals surface area contributed by atoms with Crippen molar-refractivity contribution in [1.82, 2.24) is 10.3 Å². The average molecular weight is 227 g/mol. The Balaban J connectivity index is 2.28. The Hall–Kier alpha value is -1.79. The van der Waals surface area contributed by atoms with Crippen molar-refractivity contribution >= 4 is 10.9 Å². The van der Waals surface area contributed by atoms with Crippen LogP contribution in [0, 0.1) is 17.2 Å². The zero-order valence-electron chi connectivity index (χ0n) is 10.2. The fourth-order valence-electron chi connectivity index (χ4n) is 1.91. The molecule has 17 heavy (non-hydrogen) atoms. The molecule has 0 aliphatic carbocycles. The molecule has 88 valence electrons. The van der Waals surface area contributed by atoms with Crippen molar-refractivity contribution in [3.8, 4) is 6.07 Å². The van der Waals surface area contributed by atoms with Crippen molar-refractivity contribution in [1.29, 1.82) is 5.26 Å². The molecule has 1 atom stereocenters. The highest BCUT2D eigenvalue weighted by Crippen LogP contribution is 2.23. The van der Waals surface area contributed by atoms with Gasteiger partial charge in [-0.25, -0.2) is 0 Å². The molecule has 2 N–H and O–H groups in total. The minimum absolute atomic E-state index is 0.242. The Kier molecular flexibility index (Phi) is 3.46. The van der Waals surface area contributed by atoms with Gasteiger partial charge >= 0.3 is 0 Å². The summed E-state index contributed by atoms with van der Waals surface area (Å²) in [6, 6.07) is 10.1. The van der Waals surface area contributed by atoms with Crippen molar-refractivity contribution in [2.24, 2.45) is 5.92 Å². The third kappa shape index (κ3) is 2.48. The molecule has 0 radical (unpaired) electrons. The molecule has 1 unspecified atom stereocenters. The van der Waals surface area contributed by atoms with Crippen molar-refractivity contribution < 1.29 is 0 Å². The first-order valence-electron chi connectivity index (χ1n) is 5.91. The summed E-state index contributed by atoms with van der Waals surface area (Å²) in [5.41, 5.74) is 2.11. The molecular weight excluding hydrogens is 210 g/mol. The summed E-state index contributed by atoms with van der Waals surface area (Å²) in [7, 11) is 0. The van der Waals surface area contributed by atoms with Crippen LogP contribution in [-0.2, 0) is 0 Å². The molecule has 0 aliphatic heterocycles. The molecule has 0 amide bonds. The third-order valence-electron chi connectivity index (χ3n) is 2.79. The number of rotatable bonds is 4. The lowest BCUT2D eigenvalue weighted by molar-refractivity contribution is 0.526. The first-order valence-corrected chi connectivity index (χ1v) is 5.91. The summed E-state index contributed by atoms with van der Waals surface area (Å²) in [5, 5.41) is 13.6. The van der Waals surface area contributed by atoms with Gasteiger partial charge in [-0.2, -0.15) is 5.26 Å². The van der Waals surface area contributed by atoms with E-state index in [0.29, 0.717) is 5.92 Å². The Bertz CT molecular complexity index is 534. The molecule has 0 aliphatic rings. The van der Waals surface area contributed by atoms with Crippen LogP contribution >= 0.6 is 0 Å². The van der Waals surface area contributed by atoms with E-state index in [1.807, 2.05) is 30.5 Å². The van der Waals surface area contributed by atoms with Crippen molar-refractivity contribution in [3.63, 3.8) is 0 Å². The highest BCUT2D eigenvalue weighted by atomic mass is 14.9. The van der Waals surface area contributed by atoms with Crippen LogP contribution in [0.4, 0.5) is 0 Å². The van der Waals surface area contributed by atoms with E-state index in [2.05, 4.69) is 30.2 Å². The lowest BCUT2D eigenvalue weighted by Crippen LogP contribution is -2.24. The van der Waals surface area contributed by atoms with E-state index in [4.69, 9.17) is 0 Å². The number of benzene rings is 1. The number of hydrogen-bond donors (Lipinski definition) is 2. The molecule has 3 heteroatoms. The van der Waals surface area contributed by atoms with E-state index in [1.54, 1.807) is 0 Å². The fraction of sp³-hybridized carbons (Fsp3) is 0.357. The van der Waals surface area contributed by atoms with Gasteiger partial charge in [0.15, 0.2) is 0 Å². The molecule has 2 rings (SSSR count). The van der Waals surface area contributed by atoms with Crippen LogP contribution < -0.4 is 5.32 Å². The first-order chi connectivity index (χ1) is 8.22. The van der Waals surface area contributed by atoms with Crippen LogP contribution in [0.5, 0.6) is 0 Å². The molecule has 0 saturated heterocycles. The Labute approximate surface area is 101 Å². The summed E-state index contributed by atoms with van der Waals surface area (Å²) in [4.78, 5) is 3.20. The molecule has 0 bridgehead atoms. The number of nitrogens with zero attached hydrogens (tertiary/aromatic N) is 1. The van der Waals surface area contributed by atoms with Crippen molar-refractivity contribution in [3.05, 3.63) is 36.0 Å². The first kappa shape index (κ1) is 11.7. The summed E-state index contributed by atoms with van der Waals surface area (Å²) >= 11 is 0. The number of nitriles is 1. The average Bonchev–Trinajstić information content (AvgIpc) is 2.74. The standard InChI is InChI=1S/C14H17N3/c1-10(2)8-16-14(7-15)12-9-17-13-6-4-3-5-11(12)13/h3-6,9-10,14,16-17H,8H2,1-2H3. The second-order valence-electron chi connectivity index (χ2n) is 4.65. The smallest absolute Gasteiger partial charge is 0.123 e. The summed E-state index contributed by atoms with van der Waals surface area (Å²) < 4.78 is 0. The van der Waals surface area contributed by atoms with E-state index >= 15 is 0 Å². The van der Waals surface area contributed by atoms with Crippen molar-refractivity contribution in [2.45, 2.75) is 19.9 Å². The maximum atomic E-state index is 9.24. The van der Waals surface area contributed by atoms with Gasteiger partial charge in [-0.15, -0.1) is 0 Å². The van der Waals surface area contributed by atoms with Gasteiger partial charge < -0.3 is 4.98 Å². The SMILES string of the molecule is CC(C)CNC(C#N)c1c[nH]c2ccccc12. The molecule has 0 spiro atoms. The number of H-pyrrole nitrogens is 1. The Morgan fingerprint density at radius 3 is 2.82 bits per heavy atom. The van der Waals surface area contributed by atoms with Crippen LogP contribution in [0.25, 0.3) is 10.9 Å². The van der Waals surface area contributed by atoms with Crippen LogP contribution in [0.1, 0.15) is 25.5 Å². The lowest BCUT2D eigenvalue weighted by atomic mass is 10.1. The predicted molar refractivity (Wildman–Crippen MR) is 69.5 cm³/mol. The van der Waals surface area contributed by atoms with Gasteiger partial charge in [-0.05, 0) is 18.5 Å². The van der Waals surface area contributed by atoms with Gasteiger partial charge in [-0.3, -0.25) is 5.32 Å². The number of aromatic amines is 1. The third-order valence-corrected chi connectivity index (χ3v) is 2.79. The highest BCUT2D eigenvalue weighted by molar-refractivity contribution is 5.83. The predicted octanol–water partition coefficient (Wildman–Crippen LogP) is 2.98. The van der Waals surface area contributed by atoms with Gasteiger partial charge in [0, 0.05) is 22.7 Å². The van der Waals surface area contributed by atoms with Gasteiger partial charge in [0.1, 0.15) is 6.04 Å². The van der Waals surface area contributed by atoms with Gasteiger partial charge in [-0.1, -0.05) is 32.0 Å². The highest BCUT2D eigenvalue weighted by Gasteiger charge is 2.14. The van der Waals surface area contributed by atoms with Crippen LogP contribution in [0.2, 0.25) is 0 Å². The molecule has 0 fully saturated rings. The Morgan fingerprint density at radius 2 is 2.12 bits per heavy atom. The van der Waals surface area contributed by atoms with Gasteiger partial charge in [0.2, 0.25) is 0 Å². The van der Waals surface area contributed by atoms with Crippen LogP contribution in [-0.4, -0.2) is 11.5 Å². The molecule has 1 heterocycles. The van der Waals surface area contributed by atoms with E-state index in [9.17, 15) is 5.26 Å². The zero-order chi connectivity index (χ0) is 12.3. The van der Waals surface area contributed by atoms with Gasteiger partial charge in [0.05, 0.1) is 6.07 Å². The minimum atomic E-state index is -0.242. The summed E-state index contributed by atoms with van der Waals surface area (Å²) in [5.74, 6) is 0.538. The monoisotopic (exact) mass is 227 g/mol. The normalized spacial score (nSPS) is 12.8. The van der Waals surface area contributed by atoms with E-state index in [1.165, 1.54) is 0 Å². The molecule has 0 saturated carbocycles. The number of nitrogens with one attached hydrogen (secondary N) is 2. The van der Waals surface area contributed by atoms with Gasteiger partial charge in [0.25, 0.3) is 0 Å². The molecule has 1 aromatic carbocycles. The quantitative estimate of drug-likeness (QED) is 0.843. The lowest BCUT2D eigenvalue weighted by Gasteiger charge is -2.12. The molecule has 2 aromatic rings. The van der Waals surface area contributed by atoms with E-state index in [-0.39, 0.29) is 6.04 Å². The van der Waals surface area contributed by atoms with Crippen LogP contribution in [0.3, 0.4) is 0 Å². The second kappa shape index (κ2) is 5.03. The number of hydrogen-bond acceptors (Lipinski definition) is 2. The second-order valence-corrected chi connectivity index (χ2v) is 4.65. The minimum Gasteiger partial charge on any atom is -0.361 e. The molecule has 1 aromatic heterocycles. The van der Waals surface area contributed by atoms with Crippen LogP contribution in [0.15, 0.2) is 30.5 Å².